The molecule has 0 spiro atoms. The van der Waals surface area contributed by atoms with Crippen molar-refractivity contribution in [2.24, 2.45) is 5.92 Å². The Labute approximate surface area is 112 Å². The van der Waals surface area contributed by atoms with Gasteiger partial charge >= 0.3 is 0 Å². The maximum absolute atomic E-state index is 11.7. The minimum atomic E-state index is -0.0847. The highest BCUT2D eigenvalue weighted by Crippen LogP contribution is 2.28. The molecule has 1 aromatic carbocycles. The van der Waals surface area contributed by atoms with E-state index < -0.39 is 0 Å². The average molecular weight is 261 g/mol. The van der Waals surface area contributed by atoms with Crippen LogP contribution in [0.2, 0.25) is 0 Å². The van der Waals surface area contributed by atoms with Crippen molar-refractivity contribution in [1.82, 2.24) is 10.6 Å². The lowest BCUT2D eigenvalue weighted by molar-refractivity contribution is -0.123. The molecule has 1 aliphatic carbocycles. The fourth-order valence-corrected chi connectivity index (χ4v) is 1.81. The summed E-state index contributed by atoms with van der Waals surface area (Å²) in [5.41, 5.74) is 7.21. The summed E-state index contributed by atoms with van der Waals surface area (Å²) in [6, 6.07) is 7.31. The predicted molar refractivity (Wildman–Crippen MR) is 73.3 cm³/mol. The van der Waals surface area contributed by atoms with E-state index in [1.165, 1.54) is 0 Å². The number of benzene rings is 1. The highest BCUT2D eigenvalue weighted by atomic mass is 16.2. The number of rotatable bonds is 6. The lowest BCUT2D eigenvalue weighted by Gasteiger charge is -2.08. The predicted octanol–water partition coefficient (Wildman–Crippen LogP) is 0.454. The molecule has 0 radical (unpaired) electrons. The lowest BCUT2D eigenvalue weighted by atomic mass is 10.1. The van der Waals surface area contributed by atoms with Crippen molar-refractivity contribution >= 4 is 17.5 Å². The number of nitrogen functional groups attached to an aromatic ring is 1. The second-order valence-corrected chi connectivity index (χ2v) is 4.79. The van der Waals surface area contributed by atoms with Crippen molar-refractivity contribution in [3.63, 3.8) is 0 Å². The first kappa shape index (κ1) is 13.4. The number of nitrogens with two attached hydrogens (primary N) is 1. The molecule has 2 rings (SSSR count). The van der Waals surface area contributed by atoms with Gasteiger partial charge in [0.15, 0.2) is 0 Å². The molecule has 0 bridgehead atoms. The van der Waals surface area contributed by atoms with Crippen LogP contribution in [-0.4, -0.2) is 24.9 Å². The van der Waals surface area contributed by atoms with Crippen molar-refractivity contribution in [2.45, 2.75) is 19.3 Å². The van der Waals surface area contributed by atoms with Crippen LogP contribution in [0.1, 0.15) is 18.4 Å². The van der Waals surface area contributed by atoms with Gasteiger partial charge < -0.3 is 16.4 Å². The van der Waals surface area contributed by atoms with E-state index in [0.717, 1.165) is 18.4 Å². The van der Waals surface area contributed by atoms with Crippen LogP contribution >= 0.6 is 0 Å². The van der Waals surface area contributed by atoms with E-state index in [-0.39, 0.29) is 24.2 Å². The van der Waals surface area contributed by atoms with Gasteiger partial charge in [-0.15, -0.1) is 0 Å². The average Bonchev–Trinajstić information content (AvgIpc) is 3.21. The van der Waals surface area contributed by atoms with Gasteiger partial charge in [0.05, 0.1) is 6.42 Å². The van der Waals surface area contributed by atoms with Crippen LogP contribution in [-0.2, 0) is 16.0 Å². The summed E-state index contributed by atoms with van der Waals surface area (Å²) in [6.45, 7) is 0.926. The molecule has 0 heterocycles. The van der Waals surface area contributed by atoms with Gasteiger partial charge in [0.1, 0.15) is 0 Å². The summed E-state index contributed by atoms with van der Waals surface area (Å²) in [5.74, 6) is 0.222. The molecule has 5 nitrogen and oxygen atoms in total. The maximum Gasteiger partial charge on any atom is 0.224 e. The topological polar surface area (TPSA) is 84.2 Å². The smallest absolute Gasteiger partial charge is 0.224 e. The van der Waals surface area contributed by atoms with E-state index in [0.29, 0.717) is 18.8 Å². The van der Waals surface area contributed by atoms with Crippen LogP contribution in [0.5, 0.6) is 0 Å². The van der Waals surface area contributed by atoms with Gasteiger partial charge in [-0.25, -0.2) is 0 Å². The first-order valence-electron chi connectivity index (χ1n) is 6.54. The Hall–Kier alpha value is -2.04. The van der Waals surface area contributed by atoms with Gasteiger partial charge in [0.2, 0.25) is 11.8 Å². The Bertz CT molecular complexity index is 470. The SMILES string of the molecule is Nc1ccccc1CC(=O)NCCNC(=O)C1CC1. The van der Waals surface area contributed by atoms with Crippen molar-refractivity contribution in [1.29, 1.82) is 0 Å². The molecule has 4 N–H and O–H groups in total. The zero-order valence-electron chi connectivity index (χ0n) is 10.8. The summed E-state index contributed by atoms with van der Waals surface area (Å²) in [4.78, 5) is 23.0. The third-order valence-electron chi connectivity index (χ3n) is 3.10. The van der Waals surface area contributed by atoms with E-state index in [9.17, 15) is 9.59 Å². The van der Waals surface area contributed by atoms with E-state index >= 15 is 0 Å². The van der Waals surface area contributed by atoms with Gasteiger partial charge in [-0.05, 0) is 24.5 Å². The van der Waals surface area contributed by atoms with Crippen molar-refractivity contribution in [2.75, 3.05) is 18.8 Å². The molecular formula is C14H19N3O2. The number of nitrogens with one attached hydrogen (secondary N) is 2. The highest BCUT2D eigenvalue weighted by Gasteiger charge is 2.28. The molecule has 102 valence electrons. The number of anilines is 1. The molecule has 0 atom stereocenters. The van der Waals surface area contributed by atoms with Crippen molar-refractivity contribution in [3.8, 4) is 0 Å². The Morgan fingerprint density at radius 3 is 2.53 bits per heavy atom. The molecular weight excluding hydrogens is 242 g/mol. The lowest BCUT2D eigenvalue weighted by Crippen LogP contribution is -2.35. The molecule has 0 saturated heterocycles. The fourth-order valence-electron chi connectivity index (χ4n) is 1.81. The Morgan fingerprint density at radius 1 is 1.16 bits per heavy atom. The van der Waals surface area contributed by atoms with E-state index in [1.807, 2.05) is 18.2 Å². The van der Waals surface area contributed by atoms with Gasteiger partial charge in [-0.1, -0.05) is 18.2 Å². The summed E-state index contributed by atoms with van der Waals surface area (Å²) >= 11 is 0. The highest BCUT2D eigenvalue weighted by molar-refractivity contribution is 5.81. The molecule has 1 aromatic rings. The minimum Gasteiger partial charge on any atom is -0.398 e. The van der Waals surface area contributed by atoms with Crippen molar-refractivity contribution in [3.05, 3.63) is 29.8 Å². The molecule has 0 aliphatic heterocycles. The summed E-state index contributed by atoms with van der Waals surface area (Å²) in [7, 11) is 0. The number of hydrogen-bond donors (Lipinski definition) is 3. The number of hydrogen-bond acceptors (Lipinski definition) is 3. The number of amides is 2. The molecule has 19 heavy (non-hydrogen) atoms. The Kier molecular flexibility index (Phi) is 4.39. The molecule has 0 unspecified atom stereocenters. The molecule has 2 amide bonds. The summed E-state index contributed by atoms with van der Waals surface area (Å²) in [6.07, 6.45) is 2.25. The molecule has 1 aliphatic rings. The molecule has 5 heteroatoms. The third kappa shape index (κ3) is 4.28. The Balaban J connectivity index is 1.64. The number of para-hydroxylation sites is 1. The van der Waals surface area contributed by atoms with E-state index in [1.54, 1.807) is 6.07 Å². The largest absolute Gasteiger partial charge is 0.398 e. The molecule has 1 fully saturated rings. The summed E-state index contributed by atoms with van der Waals surface area (Å²) in [5, 5.41) is 5.56. The third-order valence-corrected chi connectivity index (χ3v) is 3.10. The van der Waals surface area contributed by atoms with Gasteiger partial charge in [0, 0.05) is 24.7 Å². The first-order valence-corrected chi connectivity index (χ1v) is 6.54. The van der Waals surface area contributed by atoms with Crippen LogP contribution in [0.25, 0.3) is 0 Å². The van der Waals surface area contributed by atoms with Crippen LogP contribution in [0.3, 0.4) is 0 Å². The van der Waals surface area contributed by atoms with Crippen LogP contribution in [0.4, 0.5) is 5.69 Å². The maximum atomic E-state index is 11.7. The first-order chi connectivity index (χ1) is 9.16. The zero-order valence-corrected chi connectivity index (χ0v) is 10.8. The van der Waals surface area contributed by atoms with Crippen LogP contribution in [0.15, 0.2) is 24.3 Å². The van der Waals surface area contributed by atoms with E-state index in [2.05, 4.69) is 10.6 Å². The van der Waals surface area contributed by atoms with Gasteiger partial charge in [-0.3, -0.25) is 9.59 Å². The fraction of sp³-hybridized carbons (Fsp3) is 0.429. The monoisotopic (exact) mass is 261 g/mol. The number of carbonyl (C=O) groups excluding carboxylic acids is 2. The zero-order chi connectivity index (χ0) is 13.7. The minimum absolute atomic E-state index is 0.0847. The van der Waals surface area contributed by atoms with Gasteiger partial charge in [0.25, 0.3) is 0 Å². The van der Waals surface area contributed by atoms with Crippen LogP contribution in [0, 0.1) is 5.92 Å². The summed E-state index contributed by atoms with van der Waals surface area (Å²) < 4.78 is 0. The standard InChI is InChI=1S/C14H19N3O2/c15-12-4-2-1-3-11(12)9-13(18)16-7-8-17-14(19)10-5-6-10/h1-4,10H,5-9,15H2,(H,16,18)(H,17,19). The quantitative estimate of drug-likeness (QED) is 0.513. The Morgan fingerprint density at radius 2 is 1.84 bits per heavy atom. The second-order valence-electron chi connectivity index (χ2n) is 4.79. The van der Waals surface area contributed by atoms with Gasteiger partial charge in [-0.2, -0.15) is 0 Å². The molecule has 1 saturated carbocycles. The van der Waals surface area contributed by atoms with Crippen LogP contribution < -0.4 is 16.4 Å². The second kappa shape index (κ2) is 6.22. The van der Waals surface area contributed by atoms with Crippen molar-refractivity contribution < 1.29 is 9.59 Å². The molecule has 0 aromatic heterocycles. The van der Waals surface area contributed by atoms with E-state index in [4.69, 9.17) is 5.73 Å². The normalized spacial score (nSPS) is 13.9. The number of carbonyl (C=O) groups is 2.